The van der Waals surface area contributed by atoms with Crippen LogP contribution in [0.2, 0.25) is 0 Å². The number of thiazole rings is 1. The molecule has 1 saturated carbocycles. The molecule has 1 atom stereocenters. The van der Waals surface area contributed by atoms with Crippen LogP contribution in [0, 0.1) is 0 Å². The number of hydrogen-bond acceptors (Lipinski definition) is 3. The number of nitrogens with one attached hydrogen (secondary N) is 1. The molecule has 2 amide bonds. The molecule has 0 bridgehead atoms. The summed E-state index contributed by atoms with van der Waals surface area (Å²) in [6.07, 6.45) is 18.4. The van der Waals surface area contributed by atoms with Crippen molar-refractivity contribution >= 4 is 17.4 Å². The summed E-state index contributed by atoms with van der Waals surface area (Å²) >= 11 is 1.88. The fraction of sp³-hybridized carbons (Fsp3) is 0.750. The molecule has 1 aromatic rings. The monoisotopic (exact) mass is 415 g/mol. The zero-order valence-electron chi connectivity index (χ0n) is 18.0. The second-order valence-electron chi connectivity index (χ2n) is 9.16. The zero-order valence-corrected chi connectivity index (χ0v) is 18.9. The molecule has 1 aromatic heterocycles. The number of unbranched alkanes of at least 4 members (excludes halogenated alkanes) is 1. The molecule has 0 spiro atoms. The number of amides is 2. The summed E-state index contributed by atoms with van der Waals surface area (Å²) in [6.45, 7) is 3.84. The number of nitrogens with zero attached hydrogens (tertiary/aromatic N) is 2. The molecule has 2 aliphatic carbocycles. The Morgan fingerprint density at radius 2 is 2.07 bits per heavy atom. The predicted octanol–water partition coefficient (Wildman–Crippen LogP) is 6.32. The van der Waals surface area contributed by atoms with E-state index < -0.39 is 0 Å². The molecule has 2 heterocycles. The van der Waals surface area contributed by atoms with Gasteiger partial charge < -0.3 is 10.2 Å². The molecular weight excluding hydrogens is 378 g/mol. The highest BCUT2D eigenvalue weighted by atomic mass is 32.1. The van der Waals surface area contributed by atoms with E-state index in [2.05, 4.69) is 18.3 Å². The number of hydrogen-bond donors (Lipinski definition) is 1. The smallest absolute Gasteiger partial charge is 0.317 e. The molecule has 4 rings (SSSR count). The Hall–Kier alpha value is -1.36. The number of carbonyl (C=O) groups is 1. The summed E-state index contributed by atoms with van der Waals surface area (Å²) in [4.78, 5) is 21.0. The summed E-state index contributed by atoms with van der Waals surface area (Å²) in [5, 5.41) is 4.58. The van der Waals surface area contributed by atoms with Crippen molar-refractivity contribution in [3.63, 3.8) is 0 Å². The van der Waals surface area contributed by atoms with Crippen molar-refractivity contribution in [2.75, 3.05) is 6.54 Å². The van der Waals surface area contributed by atoms with Crippen LogP contribution < -0.4 is 5.32 Å². The van der Waals surface area contributed by atoms with Gasteiger partial charge in [-0.1, -0.05) is 37.8 Å². The third kappa shape index (κ3) is 5.42. The summed E-state index contributed by atoms with van der Waals surface area (Å²) in [5.74, 6) is 0.607. The number of fused-ring (bicyclic) bond motifs is 1. The molecule has 29 heavy (non-hydrogen) atoms. The quantitative estimate of drug-likeness (QED) is 0.572. The lowest BCUT2D eigenvalue weighted by molar-refractivity contribution is 0.189. The van der Waals surface area contributed by atoms with Gasteiger partial charge in [-0.05, 0) is 57.8 Å². The van der Waals surface area contributed by atoms with Crippen LogP contribution in [-0.2, 0) is 13.0 Å². The molecule has 0 radical (unpaired) electrons. The van der Waals surface area contributed by atoms with Crippen LogP contribution in [-0.4, -0.2) is 28.5 Å². The molecule has 160 valence electrons. The van der Waals surface area contributed by atoms with E-state index in [1.807, 2.05) is 16.2 Å². The first kappa shape index (κ1) is 20.9. The third-order valence-electron chi connectivity index (χ3n) is 6.92. The van der Waals surface area contributed by atoms with Gasteiger partial charge in [0.15, 0.2) is 0 Å². The van der Waals surface area contributed by atoms with Crippen molar-refractivity contribution in [2.45, 2.75) is 109 Å². The van der Waals surface area contributed by atoms with Gasteiger partial charge in [-0.15, -0.1) is 11.3 Å². The van der Waals surface area contributed by atoms with E-state index >= 15 is 0 Å². The highest BCUT2D eigenvalue weighted by molar-refractivity contribution is 7.11. The Balaban J connectivity index is 1.34. The molecule has 1 aliphatic heterocycles. The molecule has 1 fully saturated rings. The normalized spacial score (nSPS) is 23.3. The Labute approximate surface area is 180 Å². The van der Waals surface area contributed by atoms with E-state index in [9.17, 15) is 4.79 Å². The van der Waals surface area contributed by atoms with E-state index in [-0.39, 0.29) is 6.03 Å². The van der Waals surface area contributed by atoms with Crippen LogP contribution >= 0.6 is 11.3 Å². The van der Waals surface area contributed by atoms with E-state index in [4.69, 9.17) is 4.98 Å². The predicted molar refractivity (Wildman–Crippen MR) is 120 cm³/mol. The van der Waals surface area contributed by atoms with Crippen LogP contribution in [0.5, 0.6) is 0 Å². The summed E-state index contributed by atoms with van der Waals surface area (Å²) < 4.78 is 0. The van der Waals surface area contributed by atoms with Gasteiger partial charge in [0, 0.05) is 29.8 Å². The maximum absolute atomic E-state index is 12.7. The number of urea groups is 1. The number of allylic oxidation sites excluding steroid dienone is 2. The van der Waals surface area contributed by atoms with Crippen molar-refractivity contribution in [1.29, 1.82) is 0 Å². The van der Waals surface area contributed by atoms with Gasteiger partial charge in [0.2, 0.25) is 0 Å². The lowest BCUT2D eigenvalue weighted by atomic mass is 9.90. The molecule has 5 heteroatoms. The SMILES string of the molecule is CCCCC1=CCCC(c2nc3c(s2)CN(C(=O)NC2CCCC2)CC3)CCC1. The third-order valence-corrected chi connectivity index (χ3v) is 8.16. The van der Waals surface area contributed by atoms with Crippen LogP contribution in [0.25, 0.3) is 0 Å². The molecule has 3 aliphatic rings. The largest absolute Gasteiger partial charge is 0.335 e. The van der Waals surface area contributed by atoms with Gasteiger partial charge in [0.1, 0.15) is 0 Å². The van der Waals surface area contributed by atoms with Gasteiger partial charge in [0.05, 0.1) is 17.2 Å². The van der Waals surface area contributed by atoms with Gasteiger partial charge in [0.25, 0.3) is 0 Å². The maximum Gasteiger partial charge on any atom is 0.317 e. The molecule has 1 unspecified atom stereocenters. The van der Waals surface area contributed by atoms with Crippen LogP contribution in [0.4, 0.5) is 4.79 Å². The fourth-order valence-electron chi connectivity index (χ4n) is 5.09. The average molecular weight is 416 g/mol. The van der Waals surface area contributed by atoms with E-state index in [0.717, 1.165) is 32.4 Å². The lowest BCUT2D eigenvalue weighted by Gasteiger charge is -2.27. The van der Waals surface area contributed by atoms with Crippen molar-refractivity contribution in [2.24, 2.45) is 0 Å². The van der Waals surface area contributed by atoms with Gasteiger partial charge in [-0.2, -0.15) is 0 Å². The Bertz CT molecular complexity index is 720. The standard InChI is InChI=1S/C24H37N3OS/c1-2-3-8-18-9-6-11-19(12-7-10-18)23-26-21-15-16-27(17-22(21)29-23)24(28)25-20-13-4-5-14-20/h9,19-20H,2-8,10-17H2,1H3,(H,25,28). The minimum atomic E-state index is 0.133. The van der Waals surface area contributed by atoms with E-state index in [1.165, 1.54) is 79.8 Å². The first-order valence-corrected chi connectivity index (χ1v) is 12.8. The van der Waals surface area contributed by atoms with Crippen LogP contribution in [0.15, 0.2) is 11.6 Å². The summed E-state index contributed by atoms with van der Waals surface area (Å²) in [6, 6.07) is 0.527. The van der Waals surface area contributed by atoms with Gasteiger partial charge >= 0.3 is 6.03 Å². The van der Waals surface area contributed by atoms with Gasteiger partial charge in [-0.25, -0.2) is 9.78 Å². The first-order valence-electron chi connectivity index (χ1n) is 11.9. The second-order valence-corrected chi connectivity index (χ2v) is 10.3. The molecule has 0 saturated heterocycles. The number of carbonyl (C=O) groups excluding carboxylic acids is 1. The Morgan fingerprint density at radius 1 is 1.21 bits per heavy atom. The van der Waals surface area contributed by atoms with Crippen molar-refractivity contribution < 1.29 is 4.79 Å². The zero-order chi connectivity index (χ0) is 20.1. The summed E-state index contributed by atoms with van der Waals surface area (Å²) in [7, 11) is 0. The van der Waals surface area contributed by atoms with Crippen molar-refractivity contribution in [3.05, 3.63) is 27.2 Å². The van der Waals surface area contributed by atoms with E-state index in [1.54, 1.807) is 5.57 Å². The second kappa shape index (κ2) is 10.1. The minimum absolute atomic E-state index is 0.133. The number of aromatic nitrogens is 1. The highest BCUT2D eigenvalue weighted by Crippen LogP contribution is 2.36. The van der Waals surface area contributed by atoms with Crippen molar-refractivity contribution in [1.82, 2.24) is 15.2 Å². The molecule has 0 aromatic carbocycles. The minimum Gasteiger partial charge on any atom is -0.335 e. The van der Waals surface area contributed by atoms with Crippen LogP contribution in [0.3, 0.4) is 0 Å². The van der Waals surface area contributed by atoms with Gasteiger partial charge in [-0.3, -0.25) is 0 Å². The lowest BCUT2D eigenvalue weighted by Crippen LogP contribution is -2.45. The van der Waals surface area contributed by atoms with Crippen molar-refractivity contribution in [3.8, 4) is 0 Å². The molecule has 4 nitrogen and oxygen atoms in total. The molecule has 1 N–H and O–H groups in total. The fourth-order valence-corrected chi connectivity index (χ4v) is 6.38. The molecular formula is C24H37N3OS. The Morgan fingerprint density at radius 3 is 2.90 bits per heavy atom. The highest BCUT2D eigenvalue weighted by Gasteiger charge is 2.28. The topological polar surface area (TPSA) is 45.2 Å². The Kier molecular flexibility index (Phi) is 7.28. The summed E-state index contributed by atoms with van der Waals surface area (Å²) in [5.41, 5.74) is 2.95. The van der Waals surface area contributed by atoms with Crippen LogP contribution in [0.1, 0.15) is 105 Å². The average Bonchev–Trinajstić information content (AvgIpc) is 3.36. The maximum atomic E-state index is 12.7. The number of rotatable bonds is 5. The first-order chi connectivity index (χ1) is 14.2. The van der Waals surface area contributed by atoms with E-state index in [0.29, 0.717) is 12.0 Å².